The van der Waals surface area contributed by atoms with Crippen LogP contribution in [-0.2, 0) is 0 Å². The van der Waals surface area contributed by atoms with Crippen molar-refractivity contribution in [2.45, 2.75) is 58.3 Å². The molecule has 0 aromatic heterocycles. The normalized spacial score (nSPS) is 10.1. The van der Waals surface area contributed by atoms with Crippen LogP contribution in [0.15, 0.2) is 0 Å². The zero-order valence-electron chi connectivity index (χ0n) is 9.35. The fourth-order valence-corrected chi connectivity index (χ4v) is 1.57. The van der Waals surface area contributed by atoms with Gasteiger partial charge in [0.15, 0.2) is 5.11 Å². The van der Waals surface area contributed by atoms with Crippen molar-refractivity contribution in [1.82, 2.24) is 5.32 Å². The highest BCUT2D eigenvalue weighted by Gasteiger charge is 1.91. The summed E-state index contributed by atoms with van der Waals surface area (Å²) in [7, 11) is 0. The van der Waals surface area contributed by atoms with Gasteiger partial charge >= 0.3 is 0 Å². The Bertz CT molecular complexity index is 137. The average molecular weight is 216 g/mol. The van der Waals surface area contributed by atoms with Gasteiger partial charge in [-0.3, -0.25) is 0 Å². The molecular weight excluding hydrogens is 192 g/mol. The van der Waals surface area contributed by atoms with Crippen molar-refractivity contribution in [3.8, 4) is 0 Å². The number of nitrogens with one attached hydrogen (secondary N) is 1. The Morgan fingerprint density at radius 3 is 2.00 bits per heavy atom. The summed E-state index contributed by atoms with van der Waals surface area (Å²) in [5.41, 5.74) is 5.31. The topological polar surface area (TPSA) is 38.0 Å². The highest BCUT2D eigenvalue weighted by Crippen LogP contribution is 2.07. The van der Waals surface area contributed by atoms with Crippen LogP contribution in [0, 0.1) is 0 Å². The first kappa shape index (κ1) is 13.7. The summed E-state index contributed by atoms with van der Waals surface area (Å²) < 4.78 is 0. The van der Waals surface area contributed by atoms with Gasteiger partial charge in [-0.05, 0) is 18.6 Å². The predicted molar refractivity (Wildman–Crippen MR) is 67.4 cm³/mol. The van der Waals surface area contributed by atoms with Crippen LogP contribution in [0.25, 0.3) is 0 Å². The molecule has 0 heterocycles. The van der Waals surface area contributed by atoms with E-state index in [9.17, 15) is 0 Å². The summed E-state index contributed by atoms with van der Waals surface area (Å²) in [6.07, 6.45) is 10.7. The second-order valence-corrected chi connectivity index (χ2v) is 4.21. The van der Waals surface area contributed by atoms with Crippen molar-refractivity contribution in [1.29, 1.82) is 0 Å². The van der Waals surface area contributed by atoms with Crippen LogP contribution in [0.3, 0.4) is 0 Å². The molecule has 0 fully saturated rings. The van der Waals surface area contributed by atoms with E-state index in [0.717, 1.165) is 6.54 Å². The molecule has 2 nitrogen and oxygen atoms in total. The fourth-order valence-electron chi connectivity index (χ4n) is 1.47. The molecule has 0 aromatic rings. The number of unbranched alkanes of at least 4 members (excludes halogenated alkanes) is 7. The summed E-state index contributed by atoms with van der Waals surface area (Å²) in [5.74, 6) is 0. The molecule has 0 aliphatic heterocycles. The molecule has 0 rings (SSSR count). The van der Waals surface area contributed by atoms with E-state index in [-0.39, 0.29) is 0 Å². The van der Waals surface area contributed by atoms with Crippen LogP contribution in [0.4, 0.5) is 0 Å². The molecule has 0 atom stereocenters. The van der Waals surface area contributed by atoms with Gasteiger partial charge < -0.3 is 11.1 Å². The Labute approximate surface area is 93.6 Å². The van der Waals surface area contributed by atoms with Crippen molar-refractivity contribution in [3.05, 3.63) is 0 Å². The Morgan fingerprint density at radius 2 is 1.50 bits per heavy atom. The predicted octanol–water partition coefficient (Wildman–Crippen LogP) is 2.96. The lowest BCUT2D eigenvalue weighted by Gasteiger charge is -2.03. The van der Waals surface area contributed by atoms with Gasteiger partial charge in [0.1, 0.15) is 0 Å². The van der Waals surface area contributed by atoms with Gasteiger partial charge in [-0.1, -0.05) is 51.9 Å². The maximum atomic E-state index is 5.31. The van der Waals surface area contributed by atoms with E-state index in [1.807, 2.05) is 0 Å². The van der Waals surface area contributed by atoms with E-state index < -0.39 is 0 Å². The zero-order chi connectivity index (χ0) is 10.6. The molecular formula is C11H24N2S. The van der Waals surface area contributed by atoms with Crippen LogP contribution in [-0.4, -0.2) is 11.7 Å². The number of nitrogens with two attached hydrogens (primary N) is 1. The number of hydrogen-bond donors (Lipinski definition) is 2. The zero-order valence-corrected chi connectivity index (χ0v) is 10.2. The first-order chi connectivity index (χ1) is 6.77. The molecule has 84 valence electrons. The summed E-state index contributed by atoms with van der Waals surface area (Å²) in [4.78, 5) is 0. The van der Waals surface area contributed by atoms with E-state index in [1.54, 1.807) is 0 Å². The summed E-state index contributed by atoms with van der Waals surface area (Å²) >= 11 is 4.71. The molecule has 0 aliphatic carbocycles. The third-order valence-electron chi connectivity index (χ3n) is 2.33. The molecule has 0 radical (unpaired) electrons. The molecule has 14 heavy (non-hydrogen) atoms. The fraction of sp³-hybridized carbons (Fsp3) is 0.909. The van der Waals surface area contributed by atoms with Crippen molar-refractivity contribution in [3.63, 3.8) is 0 Å². The van der Waals surface area contributed by atoms with E-state index in [4.69, 9.17) is 18.0 Å². The van der Waals surface area contributed by atoms with Crippen molar-refractivity contribution in [2.75, 3.05) is 6.54 Å². The highest BCUT2D eigenvalue weighted by molar-refractivity contribution is 7.80. The molecule has 0 amide bonds. The molecule has 0 bridgehead atoms. The minimum atomic E-state index is 0.424. The third-order valence-corrected chi connectivity index (χ3v) is 2.47. The molecule has 0 saturated carbocycles. The number of thiocarbonyl (C=S) groups is 1. The molecule has 0 saturated heterocycles. The lowest BCUT2D eigenvalue weighted by Crippen LogP contribution is -2.29. The molecule has 3 N–H and O–H groups in total. The first-order valence-corrected chi connectivity index (χ1v) is 6.21. The molecule has 0 unspecified atom stereocenters. The lowest BCUT2D eigenvalue weighted by molar-refractivity contribution is 0.573. The highest BCUT2D eigenvalue weighted by atomic mass is 32.1. The van der Waals surface area contributed by atoms with Crippen molar-refractivity contribution >= 4 is 17.3 Å². The number of rotatable bonds is 9. The quantitative estimate of drug-likeness (QED) is 0.460. The minimum Gasteiger partial charge on any atom is -0.376 e. The van der Waals surface area contributed by atoms with E-state index in [0.29, 0.717) is 5.11 Å². The van der Waals surface area contributed by atoms with Crippen molar-refractivity contribution in [2.24, 2.45) is 5.73 Å². The molecule has 0 aromatic carbocycles. The Balaban J connectivity index is 2.88. The van der Waals surface area contributed by atoms with Crippen LogP contribution in [0.1, 0.15) is 58.3 Å². The third kappa shape index (κ3) is 11.7. The molecule has 0 spiro atoms. The van der Waals surface area contributed by atoms with Crippen LogP contribution >= 0.6 is 12.2 Å². The molecule has 0 aliphatic rings. The first-order valence-electron chi connectivity index (χ1n) is 5.80. The maximum absolute atomic E-state index is 5.31. The summed E-state index contributed by atoms with van der Waals surface area (Å²) in [6, 6.07) is 0. The van der Waals surface area contributed by atoms with E-state index in [2.05, 4.69) is 12.2 Å². The van der Waals surface area contributed by atoms with E-state index in [1.165, 1.54) is 51.4 Å². The monoisotopic (exact) mass is 216 g/mol. The summed E-state index contributed by atoms with van der Waals surface area (Å²) in [5, 5.41) is 3.39. The SMILES string of the molecule is CCCCCCCCCCNC(N)=S. The van der Waals surface area contributed by atoms with Gasteiger partial charge in [-0.15, -0.1) is 0 Å². The number of hydrogen-bond acceptors (Lipinski definition) is 1. The largest absolute Gasteiger partial charge is 0.376 e. The van der Waals surface area contributed by atoms with E-state index >= 15 is 0 Å². The van der Waals surface area contributed by atoms with Gasteiger partial charge in [0.25, 0.3) is 0 Å². The van der Waals surface area contributed by atoms with Gasteiger partial charge in [0.2, 0.25) is 0 Å². The van der Waals surface area contributed by atoms with Crippen LogP contribution in [0.2, 0.25) is 0 Å². The lowest BCUT2D eigenvalue weighted by atomic mass is 10.1. The average Bonchev–Trinajstić information content (AvgIpc) is 2.15. The van der Waals surface area contributed by atoms with Crippen LogP contribution in [0.5, 0.6) is 0 Å². The van der Waals surface area contributed by atoms with Gasteiger partial charge in [0, 0.05) is 6.54 Å². The summed E-state index contributed by atoms with van der Waals surface area (Å²) in [6.45, 7) is 3.19. The minimum absolute atomic E-state index is 0.424. The second-order valence-electron chi connectivity index (χ2n) is 3.77. The molecule has 3 heteroatoms. The maximum Gasteiger partial charge on any atom is 0.163 e. The smallest absolute Gasteiger partial charge is 0.163 e. The van der Waals surface area contributed by atoms with Gasteiger partial charge in [0.05, 0.1) is 0 Å². The standard InChI is InChI=1S/C11H24N2S/c1-2-3-4-5-6-7-8-9-10-13-11(12)14/h2-10H2,1H3,(H3,12,13,14). The van der Waals surface area contributed by atoms with Crippen LogP contribution < -0.4 is 11.1 Å². The Morgan fingerprint density at radius 1 is 1.00 bits per heavy atom. The van der Waals surface area contributed by atoms with Crippen molar-refractivity contribution < 1.29 is 0 Å². The van der Waals surface area contributed by atoms with Gasteiger partial charge in [-0.2, -0.15) is 0 Å². The Kier molecular flexibility index (Phi) is 10.5. The van der Waals surface area contributed by atoms with Gasteiger partial charge in [-0.25, -0.2) is 0 Å². The Hall–Kier alpha value is -0.310. The second kappa shape index (κ2) is 10.8.